The van der Waals surface area contributed by atoms with Crippen molar-refractivity contribution >= 4 is 5.97 Å². The van der Waals surface area contributed by atoms with Crippen molar-refractivity contribution in [2.75, 3.05) is 0 Å². The van der Waals surface area contributed by atoms with E-state index in [0.717, 1.165) is 6.42 Å². The fraction of sp³-hybridized carbons (Fsp3) is 0.562. The van der Waals surface area contributed by atoms with Crippen LogP contribution >= 0.6 is 0 Å². The molecule has 0 heterocycles. The quantitative estimate of drug-likeness (QED) is 0.847. The lowest BCUT2D eigenvalue weighted by molar-refractivity contribution is -0.137. The molecule has 2 nitrogen and oxygen atoms in total. The number of aliphatic carboxylic acids is 1. The number of benzene rings is 1. The molecule has 0 bridgehead atoms. The second-order valence-electron chi connectivity index (χ2n) is 5.74. The van der Waals surface area contributed by atoms with Crippen LogP contribution < -0.4 is 0 Å². The van der Waals surface area contributed by atoms with Gasteiger partial charge in [0, 0.05) is 0 Å². The van der Waals surface area contributed by atoms with Gasteiger partial charge in [-0.3, -0.25) is 4.79 Å². The van der Waals surface area contributed by atoms with Gasteiger partial charge in [-0.2, -0.15) is 0 Å². The molecule has 100 valence electrons. The van der Waals surface area contributed by atoms with Crippen LogP contribution in [0, 0.1) is 26.7 Å². The Morgan fingerprint density at radius 3 is 2.06 bits per heavy atom. The zero-order valence-electron chi connectivity index (χ0n) is 12.1. The van der Waals surface area contributed by atoms with E-state index in [4.69, 9.17) is 5.11 Å². The number of aryl methyl sites for hydroxylation is 3. The monoisotopic (exact) mass is 248 g/mol. The zero-order valence-corrected chi connectivity index (χ0v) is 12.1. The summed E-state index contributed by atoms with van der Waals surface area (Å²) >= 11 is 0. The third kappa shape index (κ3) is 3.86. The summed E-state index contributed by atoms with van der Waals surface area (Å²) in [5.74, 6) is -0.0717. The highest BCUT2D eigenvalue weighted by Gasteiger charge is 2.20. The highest BCUT2D eigenvalue weighted by Crippen LogP contribution is 2.32. The summed E-state index contributed by atoms with van der Waals surface area (Å²) in [5, 5.41) is 9.09. The van der Waals surface area contributed by atoms with Gasteiger partial charge in [0.15, 0.2) is 0 Å². The summed E-state index contributed by atoms with van der Waals surface area (Å²) in [7, 11) is 0. The molecule has 1 unspecified atom stereocenters. The Morgan fingerprint density at radius 1 is 1.17 bits per heavy atom. The van der Waals surface area contributed by atoms with Gasteiger partial charge in [0.1, 0.15) is 0 Å². The van der Waals surface area contributed by atoms with Gasteiger partial charge in [0.25, 0.3) is 0 Å². The molecule has 0 spiro atoms. The number of rotatable bonds is 5. The summed E-state index contributed by atoms with van der Waals surface area (Å²) in [6, 6.07) is 4.30. The van der Waals surface area contributed by atoms with E-state index in [1.165, 1.54) is 22.3 Å². The standard InChI is InChI=1S/C16H24O2/c1-10(2)6-14(9-15(17)18)16-12(4)7-11(3)8-13(16)5/h7-8,10,14H,6,9H2,1-5H3,(H,17,18). The Hall–Kier alpha value is -1.31. The second-order valence-corrected chi connectivity index (χ2v) is 5.74. The SMILES string of the molecule is Cc1cc(C)c(C(CC(=O)O)CC(C)C)c(C)c1. The Bertz CT molecular complexity index is 410. The minimum Gasteiger partial charge on any atom is -0.481 e. The molecule has 1 N–H and O–H groups in total. The number of carboxylic acid groups (broad SMARTS) is 1. The summed E-state index contributed by atoms with van der Waals surface area (Å²) in [6.07, 6.45) is 1.15. The van der Waals surface area contributed by atoms with Crippen molar-refractivity contribution in [2.24, 2.45) is 5.92 Å². The van der Waals surface area contributed by atoms with Crippen LogP contribution in [-0.2, 0) is 4.79 Å². The molecule has 0 radical (unpaired) electrons. The van der Waals surface area contributed by atoms with E-state index in [1.54, 1.807) is 0 Å². The molecule has 0 saturated carbocycles. The van der Waals surface area contributed by atoms with E-state index in [-0.39, 0.29) is 12.3 Å². The third-order valence-corrected chi connectivity index (χ3v) is 3.32. The fourth-order valence-electron chi connectivity index (χ4n) is 2.92. The molecule has 1 aromatic rings. The van der Waals surface area contributed by atoms with Crippen molar-refractivity contribution in [3.05, 3.63) is 34.4 Å². The van der Waals surface area contributed by atoms with Crippen LogP contribution in [0.2, 0.25) is 0 Å². The Balaban J connectivity index is 3.15. The predicted octanol–water partition coefficient (Wildman–Crippen LogP) is 4.22. The van der Waals surface area contributed by atoms with E-state index in [1.807, 2.05) is 0 Å². The molecule has 0 saturated heterocycles. The molecule has 1 aromatic carbocycles. The molecule has 18 heavy (non-hydrogen) atoms. The molecule has 1 atom stereocenters. The van der Waals surface area contributed by atoms with E-state index in [9.17, 15) is 4.79 Å². The Kier molecular flexibility index (Phi) is 4.94. The highest BCUT2D eigenvalue weighted by atomic mass is 16.4. The molecule has 1 rings (SSSR count). The lowest BCUT2D eigenvalue weighted by atomic mass is 9.82. The van der Waals surface area contributed by atoms with Crippen molar-refractivity contribution < 1.29 is 9.90 Å². The molecule has 0 aliphatic carbocycles. The summed E-state index contributed by atoms with van der Waals surface area (Å²) in [5.41, 5.74) is 4.92. The lowest BCUT2D eigenvalue weighted by Crippen LogP contribution is -2.12. The highest BCUT2D eigenvalue weighted by molar-refractivity contribution is 5.68. The average Bonchev–Trinajstić information content (AvgIpc) is 2.12. The van der Waals surface area contributed by atoms with Crippen LogP contribution in [-0.4, -0.2) is 11.1 Å². The van der Waals surface area contributed by atoms with Crippen LogP contribution in [0.3, 0.4) is 0 Å². The molecule has 0 fully saturated rings. The largest absolute Gasteiger partial charge is 0.481 e. The number of carbonyl (C=O) groups is 1. The average molecular weight is 248 g/mol. The maximum atomic E-state index is 11.1. The van der Waals surface area contributed by atoms with Crippen LogP contribution in [0.4, 0.5) is 0 Å². The summed E-state index contributed by atoms with van der Waals surface area (Å²) in [4.78, 5) is 11.1. The third-order valence-electron chi connectivity index (χ3n) is 3.32. The van der Waals surface area contributed by atoms with Crippen molar-refractivity contribution in [2.45, 2.75) is 53.4 Å². The first-order valence-corrected chi connectivity index (χ1v) is 6.60. The summed E-state index contributed by atoms with van der Waals surface area (Å²) in [6.45, 7) is 10.6. The van der Waals surface area contributed by atoms with E-state index in [2.05, 4.69) is 46.8 Å². The first-order valence-electron chi connectivity index (χ1n) is 6.60. The van der Waals surface area contributed by atoms with Gasteiger partial charge in [-0.25, -0.2) is 0 Å². The lowest BCUT2D eigenvalue weighted by Gasteiger charge is -2.22. The number of hydrogen-bond acceptors (Lipinski definition) is 1. The van der Waals surface area contributed by atoms with Crippen LogP contribution in [0.1, 0.15) is 54.9 Å². The molecule has 0 aromatic heterocycles. The normalized spacial score (nSPS) is 12.8. The Morgan fingerprint density at radius 2 is 1.67 bits per heavy atom. The molecule has 0 amide bonds. The second kappa shape index (κ2) is 6.03. The topological polar surface area (TPSA) is 37.3 Å². The maximum absolute atomic E-state index is 11.1. The first kappa shape index (κ1) is 14.7. The fourth-order valence-corrected chi connectivity index (χ4v) is 2.92. The zero-order chi connectivity index (χ0) is 13.9. The van der Waals surface area contributed by atoms with Gasteiger partial charge in [0.2, 0.25) is 0 Å². The maximum Gasteiger partial charge on any atom is 0.303 e. The minimum atomic E-state index is -0.708. The molecule has 0 aliphatic rings. The van der Waals surface area contributed by atoms with Gasteiger partial charge < -0.3 is 5.11 Å². The van der Waals surface area contributed by atoms with Crippen LogP contribution in [0.15, 0.2) is 12.1 Å². The van der Waals surface area contributed by atoms with Crippen LogP contribution in [0.25, 0.3) is 0 Å². The van der Waals surface area contributed by atoms with Crippen LogP contribution in [0.5, 0.6) is 0 Å². The van der Waals surface area contributed by atoms with Gasteiger partial charge in [-0.1, -0.05) is 31.5 Å². The Labute approximate surface area is 110 Å². The van der Waals surface area contributed by atoms with Gasteiger partial charge in [-0.05, 0) is 55.7 Å². The van der Waals surface area contributed by atoms with E-state index in [0.29, 0.717) is 5.92 Å². The van der Waals surface area contributed by atoms with Crippen molar-refractivity contribution in [1.82, 2.24) is 0 Å². The smallest absolute Gasteiger partial charge is 0.303 e. The van der Waals surface area contributed by atoms with Crippen molar-refractivity contribution in [1.29, 1.82) is 0 Å². The van der Waals surface area contributed by atoms with E-state index >= 15 is 0 Å². The molecule has 2 heteroatoms. The molecular weight excluding hydrogens is 224 g/mol. The van der Waals surface area contributed by atoms with Crippen molar-refractivity contribution in [3.63, 3.8) is 0 Å². The van der Waals surface area contributed by atoms with E-state index < -0.39 is 5.97 Å². The van der Waals surface area contributed by atoms with Gasteiger partial charge in [-0.15, -0.1) is 0 Å². The first-order chi connectivity index (χ1) is 8.31. The van der Waals surface area contributed by atoms with Gasteiger partial charge in [0.05, 0.1) is 6.42 Å². The number of hydrogen-bond donors (Lipinski definition) is 1. The molecule has 0 aliphatic heterocycles. The summed E-state index contributed by atoms with van der Waals surface area (Å²) < 4.78 is 0. The predicted molar refractivity (Wildman–Crippen MR) is 75.1 cm³/mol. The number of carboxylic acids is 1. The van der Waals surface area contributed by atoms with Gasteiger partial charge >= 0.3 is 5.97 Å². The molecular formula is C16H24O2. The minimum absolute atomic E-state index is 0.128. The van der Waals surface area contributed by atoms with Crippen molar-refractivity contribution in [3.8, 4) is 0 Å².